The van der Waals surface area contributed by atoms with Gasteiger partial charge in [0.25, 0.3) is 0 Å². The van der Waals surface area contributed by atoms with Crippen LogP contribution < -0.4 is 11.1 Å². The van der Waals surface area contributed by atoms with E-state index in [1.54, 1.807) is 11.3 Å². The first kappa shape index (κ1) is 10.4. The molecule has 14 heavy (non-hydrogen) atoms. The van der Waals surface area contributed by atoms with Crippen molar-refractivity contribution < 1.29 is 0 Å². The summed E-state index contributed by atoms with van der Waals surface area (Å²) in [5.74, 6) is 0.590. The highest BCUT2D eigenvalue weighted by molar-refractivity contribution is 7.10. The summed E-state index contributed by atoms with van der Waals surface area (Å²) < 4.78 is 0. The van der Waals surface area contributed by atoms with Crippen LogP contribution >= 0.6 is 22.9 Å². The first-order valence-corrected chi connectivity index (χ1v) is 6.24. The zero-order chi connectivity index (χ0) is 9.97. The number of hydrogen-bond donors (Lipinski definition) is 2. The number of halogens is 1. The van der Waals surface area contributed by atoms with Crippen LogP contribution in [-0.4, -0.2) is 13.1 Å². The lowest BCUT2D eigenvalue weighted by Gasteiger charge is -2.27. The maximum absolute atomic E-state index is 6.21. The van der Waals surface area contributed by atoms with E-state index in [4.69, 9.17) is 17.3 Å². The normalized spacial score (nSPS) is 21.0. The second-order valence-electron chi connectivity index (χ2n) is 3.75. The SMILES string of the molecule is N[C@@H](c1sccc1Cl)C1CCNCC1. The minimum atomic E-state index is 0.129. The van der Waals surface area contributed by atoms with E-state index in [0.717, 1.165) is 35.8 Å². The first-order chi connectivity index (χ1) is 6.79. The number of piperidine rings is 1. The molecule has 0 saturated carbocycles. The van der Waals surface area contributed by atoms with Crippen LogP contribution in [0.4, 0.5) is 0 Å². The van der Waals surface area contributed by atoms with E-state index < -0.39 is 0 Å². The van der Waals surface area contributed by atoms with Gasteiger partial charge in [-0.3, -0.25) is 0 Å². The number of thiophene rings is 1. The summed E-state index contributed by atoms with van der Waals surface area (Å²) >= 11 is 7.74. The van der Waals surface area contributed by atoms with Crippen molar-refractivity contribution >= 4 is 22.9 Å². The topological polar surface area (TPSA) is 38.0 Å². The molecule has 1 aromatic rings. The third-order valence-electron chi connectivity index (χ3n) is 2.84. The van der Waals surface area contributed by atoms with Gasteiger partial charge in [-0.25, -0.2) is 0 Å². The first-order valence-electron chi connectivity index (χ1n) is 4.98. The predicted octanol–water partition coefficient (Wildman–Crippen LogP) is 2.40. The van der Waals surface area contributed by atoms with Crippen molar-refractivity contribution in [2.75, 3.05) is 13.1 Å². The second-order valence-corrected chi connectivity index (χ2v) is 5.10. The molecule has 0 aromatic carbocycles. The summed E-state index contributed by atoms with van der Waals surface area (Å²) in [5.41, 5.74) is 6.21. The van der Waals surface area contributed by atoms with E-state index in [9.17, 15) is 0 Å². The van der Waals surface area contributed by atoms with Gasteiger partial charge < -0.3 is 11.1 Å². The minimum Gasteiger partial charge on any atom is -0.323 e. The molecular formula is C10H15ClN2S. The lowest BCUT2D eigenvalue weighted by molar-refractivity contribution is 0.325. The van der Waals surface area contributed by atoms with E-state index in [0.29, 0.717) is 5.92 Å². The van der Waals surface area contributed by atoms with Crippen molar-refractivity contribution in [1.82, 2.24) is 5.32 Å². The predicted molar refractivity (Wildman–Crippen MR) is 61.9 cm³/mol. The number of nitrogens with one attached hydrogen (secondary N) is 1. The molecule has 4 heteroatoms. The number of rotatable bonds is 2. The maximum atomic E-state index is 6.21. The van der Waals surface area contributed by atoms with E-state index >= 15 is 0 Å². The molecule has 0 amide bonds. The summed E-state index contributed by atoms with van der Waals surface area (Å²) in [6, 6.07) is 2.06. The molecule has 0 bridgehead atoms. The van der Waals surface area contributed by atoms with Gasteiger partial charge in [0.05, 0.1) is 5.02 Å². The highest BCUT2D eigenvalue weighted by Gasteiger charge is 2.23. The summed E-state index contributed by atoms with van der Waals surface area (Å²) in [6.07, 6.45) is 2.32. The minimum absolute atomic E-state index is 0.129. The van der Waals surface area contributed by atoms with Gasteiger partial charge in [-0.1, -0.05) is 11.6 Å². The van der Waals surface area contributed by atoms with Crippen molar-refractivity contribution in [3.8, 4) is 0 Å². The zero-order valence-corrected chi connectivity index (χ0v) is 9.57. The van der Waals surface area contributed by atoms with Crippen molar-refractivity contribution in [1.29, 1.82) is 0 Å². The smallest absolute Gasteiger partial charge is 0.0561 e. The van der Waals surface area contributed by atoms with Gasteiger partial charge in [-0.05, 0) is 43.3 Å². The van der Waals surface area contributed by atoms with Crippen LogP contribution in [0.2, 0.25) is 5.02 Å². The van der Waals surface area contributed by atoms with E-state index in [1.165, 1.54) is 0 Å². The van der Waals surface area contributed by atoms with E-state index in [2.05, 4.69) is 5.32 Å². The van der Waals surface area contributed by atoms with Crippen LogP contribution in [0.3, 0.4) is 0 Å². The van der Waals surface area contributed by atoms with Crippen LogP contribution in [0.1, 0.15) is 23.8 Å². The third-order valence-corrected chi connectivity index (χ3v) is 4.30. The molecule has 1 atom stereocenters. The van der Waals surface area contributed by atoms with Crippen molar-refractivity contribution in [2.24, 2.45) is 11.7 Å². The molecule has 0 unspecified atom stereocenters. The Bertz CT molecular complexity index is 294. The van der Waals surface area contributed by atoms with Gasteiger partial charge in [-0.15, -0.1) is 11.3 Å². The molecular weight excluding hydrogens is 216 g/mol. The molecule has 1 aliphatic heterocycles. The fourth-order valence-electron chi connectivity index (χ4n) is 1.96. The molecule has 0 spiro atoms. The van der Waals surface area contributed by atoms with Gasteiger partial charge >= 0.3 is 0 Å². The Kier molecular flexibility index (Phi) is 3.44. The Balaban J connectivity index is 2.07. The zero-order valence-electron chi connectivity index (χ0n) is 8.00. The highest BCUT2D eigenvalue weighted by atomic mass is 35.5. The Morgan fingerprint density at radius 3 is 2.79 bits per heavy atom. The fraction of sp³-hybridized carbons (Fsp3) is 0.600. The average Bonchev–Trinajstić information content (AvgIpc) is 2.65. The molecule has 3 N–H and O–H groups in total. The maximum Gasteiger partial charge on any atom is 0.0561 e. The van der Waals surface area contributed by atoms with Crippen LogP contribution in [0.15, 0.2) is 11.4 Å². The summed E-state index contributed by atoms with van der Waals surface area (Å²) in [4.78, 5) is 1.15. The molecule has 0 radical (unpaired) electrons. The quantitative estimate of drug-likeness (QED) is 0.819. The average molecular weight is 231 g/mol. The molecule has 0 aliphatic carbocycles. The summed E-state index contributed by atoms with van der Waals surface area (Å²) in [7, 11) is 0. The molecule has 1 aromatic heterocycles. The number of hydrogen-bond acceptors (Lipinski definition) is 3. The Morgan fingerprint density at radius 1 is 1.50 bits per heavy atom. The molecule has 2 heterocycles. The van der Waals surface area contributed by atoms with Crippen LogP contribution in [0, 0.1) is 5.92 Å². The van der Waals surface area contributed by atoms with Gasteiger partial charge in [0, 0.05) is 10.9 Å². The van der Waals surface area contributed by atoms with Crippen LogP contribution in [0.25, 0.3) is 0 Å². The van der Waals surface area contributed by atoms with E-state index in [-0.39, 0.29) is 6.04 Å². The lowest BCUT2D eigenvalue weighted by Crippen LogP contribution is -2.33. The molecule has 1 aliphatic rings. The monoisotopic (exact) mass is 230 g/mol. The van der Waals surface area contributed by atoms with Gasteiger partial charge in [0.15, 0.2) is 0 Å². The summed E-state index contributed by atoms with van der Waals surface area (Å²) in [5, 5.41) is 6.19. The van der Waals surface area contributed by atoms with Gasteiger partial charge in [0.2, 0.25) is 0 Å². The second kappa shape index (κ2) is 4.62. The Morgan fingerprint density at radius 2 is 2.21 bits per heavy atom. The summed E-state index contributed by atoms with van der Waals surface area (Å²) in [6.45, 7) is 2.17. The Hall–Kier alpha value is -0.0900. The van der Waals surface area contributed by atoms with Crippen molar-refractivity contribution in [3.05, 3.63) is 21.3 Å². The molecule has 78 valence electrons. The van der Waals surface area contributed by atoms with Crippen LogP contribution in [0.5, 0.6) is 0 Å². The standard InChI is InChI=1S/C10H15ClN2S/c11-8-3-6-14-10(8)9(12)7-1-4-13-5-2-7/h3,6-7,9,13H,1-2,4-5,12H2/t9-/m1/s1. The molecule has 2 rings (SSSR count). The van der Waals surface area contributed by atoms with Crippen molar-refractivity contribution in [3.63, 3.8) is 0 Å². The fourth-order valence-corrected chi connectivity index (χ4v) is 3.24. The van der Waals surface area contributed by atoms with E-state index in [1.807, 2.05) is 11.4 Å². The lowest BCUT2D eigenvalue weighted by atomic mass is 9.90. The highest BCUT2D eigenvalue weighted by Crippen LogP contribution is 2.34. The number of nitrogens with two attached hydrogens (primary N) is 1. The Labute approximate surface area is 93.4 Å². The van der Waals surface area contributed by atoms with Crippen LogP contribution in [-0.2, 0) is 0 Å². The molecule has 2 nitrogen and oxygen atoms in total. The van der Waals surface area contributed by atoms with Gasteiger partial charge in [-0.2, -0.15) is 0 Å². The van der Waals surface area contributed by atoms with Gasteiger partial charge in [0.1, 0.15) is 0 Å². The van der Waals surface area contributed by atoms with Crippen molar-refractivity contribution in [2.45, 2.75) is 18.9 Å². The third kappa shape index (κ3) is 2.11. The molecule has 1 fully saturated rings. The molecule has 1 saturated heterocycles. The largest absolute Gasteiger partial charge is 0.323 e.